The highest BCUT2D eigenvalue weighted by Crippen LogP contribution is 2.28. The number of anilines is 1. The molecule has 9 heteroatoms. The lowest BCUT2D eigenvalue weighted by Crippen LogP contribution is -2.42. The van der Waals surface area contributed by atoms with Gasteiger partial charge in [0.2, 0.25) is 0 Å². The minimum Gasteiger partial charge on any atom is -0.431 e. The van der Waals surface area contributed by atoms with E-state index in [1.807, 2.05) is 12.1 Å². The molecule has 130 valence electrons. The molecule has 0 spiro atoms. The Hall–Kier alpha value is -2.81. The average Bonchev–Trinajstić information content (AvgIpc) is 3.00. The highest BCUT2D eigenvalue weighted by Gasteiger charge is 2.26. The van der Waals surface area contributed by atoms with E-state index in [4.69, 9.17) is 10.2 Å². The van der Waals surface area contributed by atoms with Crippen molar-refractivity contribution in [3.63, 3.8) is 0 Å². The molecule has 2 N–H and O–H groups in total. The Bertz CT molecular complexity index is 1060. The molecule has 3 rings (SSSR count). The van der Waals surface area contributed by atoms with Crippen LogP contribution in [0.4, 0.5) is 5.82 Å². The maximum atomic E-state index is 12.7. The van der Waals surface area contributed by atoms with E-state index >= 15 is 0 Å². The molecule has 3 aromatic rings. The van der Waals surface area contributed by atoms with Crippen LogP contribution in [-0.4, -0.2) is 25.2 Å². The van der Waals surface area contributed by atoms with Crippen molar-refractivity contribution in [3.8, 4) is 0 Å². The van der Waals surface area contributed by atoms with Crippen LogP contribution in [0.5, 0.6) is 0 Å². The molecule has 1 unspecified atom stereocenters. The van der Waals surface area contributed by atoms with Crippen LogP contribution in [0.25, 0.3) is 11.1 Å². The van der Waals surface area contributed by atoms with Crippen LogP contribution < -0.4 is 17.0 Å². The summed E-state index contributed by atoms with van der Waals surface area (Å²) in [5.41, 5.74) is 5.62. The molecule has 25 heavy (non-hydrogen) atoms. The third-order valence-electron chi connectivity index (χ3n) is 3.88. The molecular weight excluding hydrogens is 344 g/mol. The Labute approximate surface area is 146 Å². The van der Waals surface area contributed by atoms with E-state index in [0.717, 1.165) is 20.9 Å². The highest BCUT2D eigenvalue weighted by atomic mass is 32.2. The molecule has 1 aromatic carbocycles. The van der Waals surface area contributed by atoms with E-state index in [0.29, 0.717) is 16.3 Å². The number of Topliss-reactive ketones (excluding diaryl/α,β-unsaturated/α-hetero) is 1. The number of ketones is 1. The van der Waals surface area contributed by atoms with Crippen molar-refractivity contribution in [2.24, 2.45) is 14.1 Å². The summed E-state index contributed by atoms with van der Waals surface area (Å²) in [5, 5.41) is -0.345. The fourth-order valence-electron chi connectivity index (χ4n) is 2.40. The van der Waals surface area contributed by atoms with Crippen LogP contribution in [0.3, 0.4) is 0 Å². The van der Waals surface area contributed by atoms with Gasteiger partial charge in [-0.05, 0) is 19.1 Å². The second-order valence-electron chi connectivity index (χ2n) is 5.54. The van der Waals surface area contributed by atoms with Crippen LogP contribution in [0.15, 0.2) is 43.5 Å². The summed E-state index contributed by atoms with van der Waals surface area (Å²) in [4.78, 5) is 41.2. The van der Waals surface area contributed by atoms with Crippen molar-refractivity contribution in [2.45, 2.75) is 17.4 Å². The van der Waals surface area contributed by atoms with Gasteiger partial charge in [-0.25, -0.2) is 9.78 Å². The van der Waals surface area contributed by atoms with Crippen LogP contribution in [0.2, 0.25) is 0 Å². The largest absolute Gasteiger partial charge is 0.431 e. The number of hydrogen-bond donors (Lipinski definition) is 1. The van der Waals surface area contributed by atoms with Crippen LogP contribution in [0, 0.1) is 0 Å². The number of para-hydroxylation sites is 2. The fourth-order valence-corrected chi connectivity index (χ4v) is 3.22. The third-order valence-corrected chi connectivity index (χ3v) is 4.82. The number of carbonyl (C=O) groups is 1. The molecule has 0 saturated carbocycles. The van der Waals surface area contributed by atoms with Gasteiger partial charge >= 0.3 is 5.69 Å². The number of carbonyl (C=O) groups excluding carboxylic acids is 1. The van der Waals surface area contributed by atoms with Gasteiger partial charge in [-0.1, -0.05) is 23.9 Å². The quantitative estimate of drug-likeness (QED) is 0.549. The van der Waals surface area contributed by atoms with E-state index < -0.39 is 22.3 Å². The average molecular weight is 360 g/mol. The summed E-state index contributed by atoms with van der Waals surface area (Å²) in [6.45, 7) is 1.63. The van der Waals surface area contributed by atoms with Crippen molar-refractivity contribution in [1.82, 2.24) is 14.1 Å². The molecule has 0 fully saturated rings. The van der Waals surface area contributed by atoms with E-state index in [9.17, 15) is 14.4 Å². The zero-order chi connectivity index (χ0) is 18.3. The Morgan fingerprint density at radius 2 is 1.92 bits per heavy atom. The number of oxazole rings is 1. The molecule has 1 atom stereocenters. The van der Waals surface area contributed by atoms with Crippen molar-refractivity contribution in [3.05, 3.63) is 50.7 Å². The van der Waals surface area contributed by atoms with Gasteiger partial charge in [-0.2, -0.15) is 0 Å². The summed E-state index contributed by atoms with van der Waals surface area (Å²) in [7, 11) is 2.71. The lowest BCUT2D eigenvalue weighted by Gasteiger charge is -2.13. The van der Waals surface area contributed by atoms with Crippen molar-refractivity contribution in [2.75, 3.05) is 5.73 Å². The fraction of sp³-hybridized carbons (Fsp3) is 0.250. The summed E-state index contributed by atoms with van der Waals surface area (Å²) < 4.78 is 7.52. The molecule has 0 aliphatic rings. The standard InChI is InChI=1S/C16H16N4O4S/c1-8(25-15-18-9-6-4-5-7-10(9)24-15)12(21)11-13(17)19(2)16(23)20(3)14(11)22/h4-8H,17H2,1-3H3. The van der Waals surface area contributed by atoms with E-state index in [1.165, 1.54) is 14.1 Å². The SMILES string of the molecule is CC(Sc1nc2ccccc2o1)C(=O)c1c(N)n(C)c(=O)n(C)c1=O. The molecule has 0 aliphatic carbocycles. The van der Waals surface area contributed by atoms with Crippen molar-refractivity contribution < 1.29 is 9.21 Å². The summed E-state index contributed by atoms with van der Waals surface area (Å²) in [5.74, 6) is -0.635. The first kappa shape index (κ1) is 17.0. The minimum atomic E-state index is -0.712. The van der Waals surface area contributed by atoms with E-state index in [2.05, 4.69) is 4.98 Å². The predicted octanol–water partition coefficient (Wildman–Crippen LogP) is 1.17. The highest BCUT2D eigenvalue weighted by molar-refractivity contribution is 8.00. The lowest BCUT2D eigenvalue weighted by atomic mass is 10.1. The monoisotopic (exact) mass is 360 g/mol. The number of nitrogens with zero attached hydrogens (tertiary/aromatic N) is 3. The Kier molecular flexibility index (Phi) is 4.25. The number of benzene rings is 1. The molecular formula is C16H16N4O4S. The van der Waals surface area contributed by atoms with Crippen molar-refractivity contribution >= 4 is 34.5 Å². The zero-order valence-corrected chi connectivity index (χ0v) is 14.7. The first-order chi connectivity index (χ1) is 11.8. The van der Waals surface area contributed by atoms with Gasteiger partial charge in [0, 0.05) is 14.1 Å². The van der Waals surface area contributed by atoms with Crippen molar-refractivity contribution in [1.29, 1.82) is 0 Å². The predicted molar refractivity (Wildman–Crippen MR) is 95.0 cm³/mol. The Balaban J connectivity index is 1.95. The van der Waals surface area contributed by atoms with E-state index in [1.54, 1.807) is 19.1 Å². The second kappa shape index (κ2) is 6.25. The molecule has 2 aromatic heterocycles. The molecule has 0 amide bonds. The number of rotatable bonds is 4. The smallest absolute Gasteiger partial charge is 0.332 e. The Morgan fingerprint density at radius 3 is 2.60 bits per heavy atom. The third kappa shape index (κ3) is 2.86. The first-order valence-electron chi connectivity index (χ1n) is 7.43. The van der Waals surface area contributed by atoms with Gasteiger partial charge in [-0.3, -0.25) is 18.7 Å². The lowest BCUT2D eigenvalue weighted by molar-refractivity contribution is 0.0991. The number of thioether (sulfide) groups is 1. The second-order valence-corrected chi connectivity index (χ2v) is 6.83. The maximum Gasteiger partial charge on any atom is 0.332 e. The molecule has 2 heterocycles. The van der Waals surface area contributed by atoms with Crippen LogP contribution >= 0.6 is 11.8 Å². The van der Waals surface area contributed by atoms with Gasteiger partial charge in [0.1, 0.15) is 16.9 Å². The first-order valence-corrected chi connectivity index (χ1v) is 8.31. The van der Waals surface area contributed by atoms with Gasteiger partial charge in [0.25, 0.3) is 10.8 Å². The van der Waals surface area contributed by atoms with E-state index in [-0.39, 0.29) is 11.4 Å². The normalized spacial score (nSPS) is 12.4. The summed E-state index contributed by atoms with van der Waals surface area (Å²) >= 11 is 1.09. The van der Waals surface area contributed by atoms with Gasteiger partial charge in [0.05, 0.1) is 5.25 Å². The number of aromatic nitrogens is 3. The number of fused-ring (bicyclic) bond motifs is 1. The summed E-state index contributed by atoms with van der Waals surface area (Å²) in [6, 6.07) is 7.24. The number of hydrogen-bond acceptors (Lipinski definition) is 7. The van der Waals surface area contributed by atoms with Gasteiger partial charge < -0.3 is 10.2 Å². The topological polar surface area (TPSA) is 113 Å². The Morgan fingerprint density at radius 1 is 1.24 bits per heavy atom. The zero-order valence-electron chi connectivity index (χ0n) is 13.8. The molecule has 0 radical (unpaired) electrons. The van der Waals surface area contributed by atoms with Crippen LogP contribution in [-0.2, 0) is 14.1 Å². The molecule has 8 nitrogen and oxygen atoms in total. The number of nitrogens with two attached hydrogens (primary N) is 1. The van der Waals surface area contributed by atoms with Crippen LogP contribution in [0.1, 0.15) is 17.3 Å². The number of nitrogen functional groups attached to an aromatic ring is 1. The van der Waals surface area contributed by atoms with Gasteiger partial charge in [-0.15, -0.1) is 0 Å². The molecule has 0 saturated heterocycles. The maximum absolute atomic E-state index is 12.7. The molecule has 0 aliphatic heterocycles. The summed E-state index contributed by atoms with van der Waals surface area (Å²) in [6.07, 6.45) is 0. The van der Waals surface area contributed by atoms with Gasteiger partial charge in [0.15, 0.2) is 11.4 Å². The minimum absolute atomic E-state index is 0.150. The molecule has 0 bridgehead atoms.